The van der Waals surface area contributed by atoms with E-state index in [4.69, 9.17) is 9.92 Å². The third kappa shape index (κ3) is 3.00. The molecule has 19 heavy (non-hydrogen) atoms. The van der Waals surface area contributed by atoms with E-state index in [0.29, 0.717) is 11.2 Å². The molecular weight excluding hydrogens is 243 g/mol. The fourth-order valence-corrected chi connectivity index (χ4v) is 1.57. The highest BCUT2D eigenvalue weighted by Crippen LogP contribution is 2.25. The first-order chi connectivity index (χ1) is 8.51. The van der Waals surface area contributed by atoms with Gasteiger partial charge in [0.15, 0.2) is 0 Å². The van der Waals surface area contributed by atoms with Crippen molar-refractivity contribution in [3.63, 3.8) is 0 Å². The molecule has 1 aromatic heterocycles. The highest BCUT2D eigenvalue weighted by atomic mass is 16.5. The van der Waals surface area contributed by atoms with Crippen molar-refractivity contribution < 1.29 is 14.8 Å². The lowest BCUT2D eigenvalue weighted by Gasteiger charge is -2.38. The molecule has 0 aromatic carbocycles. The summed E-state index contributed by atoms with van der Waals surface area (Å²) in [6.45, 7) is 8.46. The molecule has 104 valence electrons. The third-order valence-corrected chi connectivity index (χ3v) is 3.75. The van der Waals surface area contributed by atoms with Gasteiger partial charge in [-0.2, -0.15) is 5.26 Å². The second-order valence-corrected chi connectivity index (χ2v) is 5.80. The predicted molar refractivity (Wildman–Crippen MR) is 73.9 cm³/mol. The minimum absolute atomic E-state index is 0.358. The van der Waals surface area contributed by atoms with Crippen LogP contribution in [0.1, 0.15) is 39.1 Å². The Morgan fingerprint density at radius 1 is 1.37 bits per heavy atom. The van der Waals surface area contributed by atoms with Crippen LogP contribution in [0.25, 0.3) is 0 Å². The van der Waals surface area contributed by atoms with E-state index in [-0.39, 0.29) is 0 Å². The molecule has 0 unspecified atom stereocenters. The van der Waals surface area contributed by atoms with Crippen molar-refractivity contribution in [2.24, 2.45) is 7.05 Å². The van der Waals surface area contributed by atoms with E-state index >= 15 is 0 Å². The van der Waals surface area contributed by atoms with Gasteiger partial charge in [-0.1, -0.05) is 0 Å². The molecule has 5 nitrogen and oxygen atoms in total. The Morgan fingerprint density at radius 3 is 2.32 bits per heavy atom. The van der Waals surface area contributed by atoms with Crippen LogP contribution >= 0.6 is 0 Å². The molecule has 0 amide bonds. The van der Waals surface area contributed by atoms with Crippen molar-refractivity contribution in [3.05, 3.63) is 17.5 Å². The molecule has 0 saturated carbocycles. The monoisotopic (exact) mass is 264 g/mol. The van der Waals surface area contributed by atoms with Crippen molar-refractivity contribution in [3.8, 4) is 6.07 Å². The Bertz CT molecular complexity index is 509. The van der Waals surface area contributed by atoms with Crippen LogP contribution < -0.4 is 5.46 Å². The van der Waals surface area contributed by atoms with E-state index in [0.717, 1.165) is 5.69 Å². The van der Waals surface area contributed by atoms with Crippen LogP contribution in [0.3, 0.4) is 0 Å². The van der Waals surface area contributed by atoms with Gasteiger partial charge in [-0.3, -0.25) is 0 Å². The normalized spacial score (nSPS) is 12.4. The van der Waals surface area contributed by atoms with Gasteiger partial charge in [-0.05, 0) is 40.7 Å². The highest BCUT2D eigenvalue weighted by molar-refractivity contribution is 6.60. The molecule has 0 bridgehead atoms. The minimum Gasteiger partial charge on any atom is -0.423 e. The van der Waals surface area contributed by atoms with Crippen LogP contribution in [-0.2, 0) is 11.7 Å². The molecule has 0 spiro atoms. The average molecular weight is 264 g/mol. The van der Waals surface area contributed by atoms with Crippen LogP contribution in [-0.4, -0.2) is 33.0 Å². The summed E-state index contributed by atoms with van der Waals surface area (Å²) < 4.78 is 7.23. The summed E-state index contributed by atoms with van der Waals surface area (Å²) >= 11 is 0. The predicted octanol–water partition coefficient (Wildman–Crippen LogP) is 0.459. The summed E-state index contributed by atoms with van der Waals surface area (Å²) in [5.41, 5.74) is -0.445. The number of aliphatic hydroxyl groups is 1. The Balaban J connectivity index is 3.07. The zero-order valence-electron chi connectivity index (χ0n) is 12.4. The van der Waals surface area contributed by atoms with Gasteiger partial charge in [0.25, 0.3) is 0 Å². The zero-order valence-corrected chi connectivity index (χ0v) is 12.4. The summed E-state index contributed by atoms with van der Waals surface area (Å²) in [7, 11) is 0.501. The largest absolute Gasteiger partial charge is 0.494 e. The number of aryl methyl sites for hydroxylation is 1. The lowest BCUT2D eigenvalue weighted by Crippen LogP contribution is -2.53. The van der Waals surface area contributed by atoms with Gasteiger partial charge in [0.2, 0.25) is 0 Å². The molecule has 2 N–H and O–H groups in total. The molecule has 1 rings (SSSR count). The Labute approximate surface area is 114 Å². The smallest absolute Gasteiger partial charge is 0.423 e. The fourth-order valence-electron chi connectivity index (χ4n) is 1.57. The van der Waals surface area contributed by atoms with Crippen LogP contribution in [0, 0.1) is 18.3 Å². The number of hydrogen-bond acceptors (Lipinski definition) is 4. The maximum absolute atomic E-state index is 10.2. The van der Waals surface area contributed by atoms with Gasteiger partial charge in [0, 0.05) is 18.2 Å². The Hall–Kier alpha value is -1.29. The quantitative estimate of drug-likeness (QED) is 0.774. The SMILES string of the molecule is Cc1cc(B(O)OC(C)(C)C(C)(C)O)c(C#N)n1C. The Kier molecular flexibility index (Phi) is 4.16. The van der Waals surface area contributed by atoms with Crippen LogP contribution in [0.4, 0.5) is 0 Å². The summed E-state index contributed by atoms with van der Waals surface area (Å²) in [5.74, 6) is 0. The van der Waals surface area contributed by atoms with Gasteiger partial charge < -0.3 is 19.4 Å². The standard InChI is InChI=1S/C13H21BN2O3/c1-9-7-10(11(8-15)16(9)6)14(18)19-13(4,5)12(2,3)17/h7,17-18H,1-6H3. The molecule has 1 heterocycles. The number of rotatable bonds is 4. The minimum atomic E-state index is -1.25. The fraction of sp³-hybridized carbons (Fsp3) is 0.615. The van der Waals surface area contributed by atoms with Gasteiger partial charge in [-0.15, -0.1) is 0 Å². The summed E-state index contributed by atoms with van der Waals surface area (Å²) in [6, 6.07) is 3.76. The van der Waals surface area contributed by atoms with E-state index in [1.807, 2.05) is 6.92 Å². The number of nitrogens with zero attached hydrogens (tertiary/aromatic N) is 2. The van der Waals surface area contributed by atoms with Crippen LogP contribution in [0.5, 0.6) is 0 Å². The van der Waals surface area contributed by atoms with Gasteiger partial charge in [0.05, 0.1) is 11.2 Å². The molecule has 0 atom stereocenters. The third-order valence-electron chi connectivity index (χ3n) is 3.75. The highest BCUT2D eigenvalue weighted by Gasteiger charge is 2.40. The molecule has 0 saturated heterocycles. The van der Waals surface area contributed by atoms with Gasteiger partial charge in [0.1, 0.15) is 11.8 Å². The zero-order chi connectivity index (χ0) is 15.0. The van der Waals surface area contributed by atoms with Crippen LogP contribution in [0.2, 0.25) is 0 Å². The van der Waals surface area contributed by atoms with Crippen molar-refractivity contribution in [1.82, 2.24) is 4.57 Å². The Morgan fingerprint density at radius 2 is 1.89 bits per heavy atom. The second kappa shape index (κ2) is 5.01. The number of hydrogen-bond donors (Lipinski definition) is 2. The maximum atomic E-state index is 10.2. The average Bonchev–Trinajstić information content (AvgIpc) is 2.53. The van der Waals surface area contributed by atoms with Crippen molar-refractivity contribution in [2.75, 3.05) is 0 Å². The number of nitriles is 1. The maximum Gasteiger partial charge on any atom is 0.494 e. The molecule has 6 heteroatoms. The van der Waals surface area contributed by atoms with E-state index < -0.39 is 18.3 Å². The summed E-state index contributed by atoms with van der Waals surface area (Å²) in [4.78, 5) is 0. The van der Waals surface area contributed by atoms with E-state index in [2.05, 4.69) is 6.07 Å². The van der Waals surface area contributed by atoms with E-state index in [9.17, 15) is 10.1 Å². The topological polar surface area (TPSA) is 78.4 Å². The van der Waals surface area contributed by atoms with E-state index in [1.165, 1.54) is 0 Å². The summed E-state index contributed by atoms with van der Waals surface area (Å²) in [5, 5.41) is 29.3. The molecule has 0 aliphatic heterocycles. The summed E-state index contributed by atoms with van der Waals surface area (Å²) in [6.07, 6.45) is 0. The molecule has 0 fully saturated rings. The van der Waals surface area contributed by atoms with E-state index in [1.54, 1.807) is 45.4 Å². The first kappa shape index (κ1) is 15.8. The molecule has 0 aliphatic rings. The van der Waals surface area contributed by atoms with Gasteiger partial charge >= 0.3 is 7.12 Å². The van der Waals surface area contributed by atoms with Crippen molar-refractivity contribution >= 4 is 12.6 Å². The van der Waals surface area contributed by atoms with Crippen molar-refractivity contribution in [1.29, 1.82) is 5.26 Å². The first-order valence-electron chi connectivity index (χ1n) is 6.16. The second-order valence-electron chi connectivity index (χ2n) is 5.80. The lowest BCUT2D eigenvalue weighted by molar-refractivity contribution is -0.0982. The van der Waals surface area contributed by atoms with Crippen LogP contribution in [0.15, 0.2) is 6.07 Å². The van der Waals surface area contributed by atoms with Gasteiger partial charge in [-0.25, -0.2) is 0 Å². The number of aromatic nitrogens is 1. The van der Waals surface area contributed by atoms with Crippen molar-refractivity contribution in [2.45, 2.75) is 45.8 Å². The lowest BCUT2D eigenvalue weighted by atomic mass is 9.76. The molecule has 0 radical (unpaired) electrons. The first-order valence-corrected chi connectivity index (χ1v) is 6.16. The molecular formula is C13H21BN2O3. The molecule has 0 aliphatic carbocycles. The molecule has 1 aromatic rings.